The van der Waals surface area contributed by atoms with Gasteiger partial charge in [0.2, 0.25) is 0 Å². The number of non-ortho nitro benzene ring substituents is 1. The zero-order valence-electron chi connectivity index (χ0n) is 12.5. The minimum absolute atomic E-state index is 0.0727. The quantitative estimate of drug-likeness (QED) is 0.557. The second kappa shape index (κ2) is 6.65. The standard InChI is InChI=1S/C15H13N3O6/c1-8-7-12(19)13(15(21)24-8)9(2)16-17-14(20)10-3-5-11(6-4-10)18(22)23/h3-7,16,19H,2H2,1H3,(H,17,20). The van der Waals surface area contributed by atoms with Crippen LogP contribution >= 0.6 is 0 Å². The maximum atomic E-state index is 11.9. The largest absolute Gasteiger partial charge is 0.507 e. The molecular formula is C15H13N3O6. The number of hydrogen-bond acceptors (Lipinski definition) is 7. The first-order valence-corrected chi connectivity index (χ1v) is 6.63. The van der Waals surface area contributed by atoms with Crippen LogP contribution in [0.3, 0.4) is 0 Å². The fourth-order valence-corrected chi connectivity index (χ4v) is 1.88. The van der Waals surface area contributed by atoms with Crippen molar-refractivity contribution < 1.29 is 19.2 Å². The number of hydrazine groups is 1. The lowest BCUT2D eigenvalue weighted by atomic mass is 10.2. The summed E-state index contributed by atoms with van der Waals surface area (Å²) in [5.41, 5.74) is 3.56. The molecule has 2 rings (SSSR count). The molecule has 0 unspecified atom stereocenters. The molecule has 0 fully saturated rings. The highest BCUT2D eigenvalue weighted by atomic mass is 16.6. The zero-order valence-corrected chi connectivity index (χ0v) is 12.5. The van der Waals surface area contributed by atoms with Gasteiger partial charge in [-0.15, -0.1) is 0 Å². The summed E-state index contributed by atoms with van der Waals surface area (Å²) in [6.07, 6.45) is 0. The first-order valence-electron chi connectivity index (χ1n) is 6.63. The van der Waals surface area contributed by atoms with E-state index in [1.54, 1.807) is 0 Å². The third-order valence-electron chi connectivity index (χ3n) is 3.02. The number of nitro benzene ring substituents is 1. The van der Waals surface area contributed by atoms with Crippen LogP contribution in [0.1, 0.15) is 21.7 Å². The van der Waals surface area contributed by atoms with Gasteiger partial charge in [0.15, 0.2) is 0 Å². The molecule has 3 N–H and O–H groups in total. The molecule has 0 radical (unpaired) electrons. The lowest BCUT2D eigenvalue weighted by Crippen LogP contribution is -2.36. The molecular weight excluding hydrogens is 318 g/mol. The van der Waals surface area contributed by atoms with E-state index in [0.717, 1.165) is 0 Å². The summed E-state index contributed by atoms with van der Waals surface area (Å²) >= 11 is 0. The van der Waals surface area contributed by atoms with Gasteiger partial charge in [-0.1, -0.05) is 6.58 Å². The number of aryl methyl sites for hydroxylation is 1. The van der Waals surface area contributed by atoms with E-state index in [-0.39, 0.29) is 34.0 Å². The molecule has 124 valence electrons. The van der Waals surface area contributed by atoms with Crippen LogP contribution in [0.15, 0.2) is 46.1 Å². The van der Waals surface area contributed by atoms with Crippen LogP contribution in [0.2, 0.25) is 0 Å². The van der Waals surface area contributed by atoms with Gasteiger partial charge in [0, 0.05) is 23.8 Å². The Morgan fingerprint density at radius 3 is 2.46 bits per heavy atom. The highest BCUT2D eigenvalue weighted by Gasteiger charge is 2.15. The maximum absolute atomic E-state index is 11.9. The van der Waals surface area contributed by atoms with Crippen molar-refractivity contribution in [2.75, 3.05) is 0 Å². The molecule has 0 spiro atoms. The molecule has 0 saturated carbocycles. The van der Waals surface area contributed by atoms with Gasteiger partial charge in [0.1, 0.15) is 17.1 Å². The molecule has 0 atom stereocenters. The summed E-state index contributed by atoms with van der Waals surface area (Å²) in [5.74, 6) is -0.725. The Bertz CT molecular complexity index is 870. The van der Waals surface area contributed by atoms with Gasteiger partial charge in [0.05, 0.1) is 10.6 Å². The second-order valence-corrected chi connectivity index (χ2v) is 4.77. The number of amides is 1. The SMILES string of the molecule is C=C(NNC(=O)c1ccc([N+](=O)[O-])cc1)c1c(O)cc(C)oc1=O. The van der Waals surface area contributed by atoms with Crippen molar-refractivity contribution in [3.05, 3.63) is 74.3 Å². The molecule has 24 heavy (non-hydrogen) atoms. The highest BCUT2D eigenvalue weighted by Crippen LogP contribution is 2.19. The van der Waals surface area contributed by atoms with Crippen LogP contribution in [0.4, 0.5) is 5.69 Å². The van der Waals surface area contributed by atoms with E-state index in [0.29, 0.717) is 0 Å². The van der Waals surface area contributed by atoms with Gasteiger partial charge < -0.3 is 9.52 Å². The van der Waals surface area contributed by atoms with Crippen LogP contribution in [0.25, 0.3) is 5.70 Å². The first kappa shape index (κ1) is 16.7. The summed E-state index contributed by atoms with van der Waals surface area (Å²) < 4.78 is 4.84. The van der Waals surface area contributed by atoms with E-state index < -0.39 is 16.5 Å². The molecule has 0 saturated heterocycles. The van der Waals surface area contributed by atoms with Gasteiger partial charge >= 0.3 is 5.63 Å². The van der Waals surface area contributed by atoms with Crippen molar-refractivity contribution in [2.45, 2.75) is 6.92 Å². The van der Waals surface area contributed by atoms with E-state index in [2.05, 4.69) is 17.4 Å². The van der Waals surface area contributed by atoms with E-state index in [1.807, 2.05) is 0 Å². The summed E-state index contributed by atoms with van der Waals surface area (Å²) in [6.45, 7) is 5.04. The van der Waals surface area contributed by atoms with Crippen molar-refractivity contribution >= 4 is 17.3 Å². The van der Waals surface area contributed by atoms with Gasteiger partial charge in [-0.2, -0.15) is 0 Å². The average molecular weight is 331 g/mol. The number of nitrogens with one attached hydrogen (secondary N) is 2. The topological polar surface area (TPSA) is 135 Å². The van der Waals surface area contributed by atoms with E-state index in [9.17, 15) is 24.8 Å². The van der Waals surface area contributed by atoms with Crippen LogP contribution in [-0.2, 0) is 0 Å². The molecule has 0 aliphatic carbocycles. The van der Waals surface area contributed by atoms with Crippen LogP contribution in [0.5, 0.6) is 5.75 Å². The third kappa shape index (κ3) is 3.58. The molecule has 9 nitrogen and oxygen atoms in total. The Balaban J connectivity index is 2.08. The Labute approximate surface area is 135 Å². The normalized spacial score (nSPS) is 10.0. The Morgan fingerprint density at radius 1 is 1.29 bits per heavy atom. The summed E-state index contributed by atoms with van der Waals surface area (Å²) in [5, 5.41) is 20.3. The van der Waals surface area contributed by atoms with Crippen LogP contribution in [-0.4, -0.2) is 15.9 Å². The predicted molar refractivity (Wildman–Crippen MR) is 84.1 cm³/mol. The van der Waals surface area contributed by atoms with Gasteiger partial charge in [-0.05, 0) is 19.1 Å². The van der Waals surface area contributed by atoms with E-state index >= 15 is 0 Å². The minimum atomic E-state index is -0.811. The maximum Gasteiger partial charge on any atom is 0.349 e. The Morgan fingerprint density at radius 2 is 1.92 bits per heavy atom. The Hall–Kier alpha value is -3.62. The number of nitro groups is 1. The fraction of sp³-hybridized carbons (Fsp3) is 0.0667. The number of rotatable bonds is 5. The van der Waals surface area contributed by atoms with Gasteiger partial charge in [-0.25, -0.2) is 4.79 Å². The van der Waals surface area contributed by atoms with Gasteiger partial charge in [-0.3, -0.25) is 25.8 Å². The molecule has 9 heteroatoms. The molecule has 1 aromatic carbocycles. The molecule has 1 heterocycles. The van der Waals surface area contributed by atoms with Crippen molar-refractivity contribution in [2.24, 2.45) is 0 Å². The lowest BCUT2D eigenvalue weighted by molar-refractivity contribution is -0.384. The highest BCUT2D eigenvalue weighted by molar-refractivity contribution is 5.94. The van der Waals surface area contributed by atoms with E-state index in [4.69, 9.17) is 4.42 Å². The molecule has 1 aromatic heterocycles. The van der Waals surface area contributed by atoms with Crippen LogP contribution in [0, 0.1) is 17.0 Å². The monoisotopic (exact) mass is 331 g/mol. The van der Waals surface area contributed by atoms with Crippen LogP contribution < -0.4 is 16.5 Å². The lowest BCUT2D eigenvalue weighted by Gasteiger charge is -2.11. The zero-order chi connectivity index (χ0) is 17.9. The number of aromatic hydroxyl groups is 1. The first-order chi connectivity index (χ1) is 11.3. The molecule has 0 bridgehead atoms. The van der Waals surface area contributed by atoms with Gasteiger partial charge in [0.25, 0.3) is 11.6 Å². The summed E-state index contributed by atoms with van der Waals surface area (Å²) in [6, 6.07) is 6.15. The summed E-state index contributed by atoms with van der Waals surface area (Å²) in [7, 11) is 0. The molecule has 0 aliphatic rings. The van der Waals surface area contributed by atoms with Crippen molar-refractivity contribution in [3.8, 4) is 5.75 Å². The number of nitrogens with zero attached hydrogens (tertiary/aromatic N) is 1. The van der Waals surface area contributed by atoms with E-state index in [1.165, 1.54) is 37.3 Å². The molecule has 0 aliphatic heterocycles. The second-order valence-electron chi connectivity index (χ2n) is 4.77. The van der Waals surface area contributed by atoms with Crippen molar-refractivity contribution in [1.82, 2.24) is 10.9 Å². The fourth-order valence-electron chi connectivity index (χ4n) is 1.88. The Kier molecular flexibility index (Phi) is 4.64. The van der Waals surface area contributed by atoms with Crippen molar-refractivity contribution in [3.63, 3.8) is 0 Å². The number of benzene rings is 1. The van der Waals surface area contributed by atoms with Crippen molar-refractivity contribution in [1.29, 1.82) is 0 Å². The molecule has 1 amide bonds. The minimum Gasteiger partial charge on any atom is -0.507 e. The third-order valence-corrected chi connectivity index (χ3v) is 3.02. The number of hydrogen-bond donors (Lipinski definition) is 3. The number of carbonyl (C=O) groups is 1. The smallest absolute Gasteiger partial charge is 0.349 e. The summed E-state index contributed by atoms with van der Waals surface area (Å²) in [4.78, 5) is 33.6. The average Bonchev–Trinajstić information content (AvgIpc) is 2.51. The number of carbonyl (C=O) groups excluding carboxylic acids is 1. The predicted octanol–water partition coefficient (Wildman–Crippen LogP) is 1.47. The molecule has 2 aromatic rings.